The number of halogens is 3. The zero-order valence-electron chi connectivity index (χ0n) is 28.5. The molecule has 0 aliphatic carbocycles. The van der Waals surface area contributed by atoms with Crippen LogP contribution >= 0.6 is 0 Å². The summed E-state index contributed by atoms with van der Waals surface area (Å²) in [5.74, 6) is -0.956. The molecular weight excluding hydrogens is 680 g/mol. The summed E-state index contributed by atoms with van der Waals surface area (Å²) in [5.41, 5.74) is 13.2. The number of aliphatic imine (C=N–C) groups is 2. The number of allylic oxidation sites excluding steroid dienone is 4. The molecule has 10 rings (SSSR count). The van der Waals surface area contributed by atoms with E-state index in [9.17, 15) is 13.2 Å². The van der Waals surface area contributed by atoms with Crippen molar-refractivity contribution < 1.29 is 13.2 Å². The number of rotatable bonds is 4. The Kier molecular flexibility index (Phi) is 7.26. The van der Waals surface area contributed by atoms with Crippen LogP contribution in [-0.4, -0.2) is 34.2 Å². The van der Waals surface area contributed by atoms with Crippen LogP contribution in [0.25, 0.3) is 22.3 Å². The Hall–Kier alpha value is -6.20. The quantitative estimate of drug-likeness (QED) is 0.169. The molecule has 0 N–H and O–H groups in total. The highest BCUT2D eigenvalue weighted by atomic mass is 27.1. The standard InChI is InChI=1S/C45H27F3N4.Al.H/c1-26-2-4-27(5-3-26)42-34-18-20-36(49-34)43(28-6-12-31(46)13-7-28)38-22-24-40(51-38)45(30-10-16-33(48)17-11-30)41-25-23-39(52-41)44(37-21-19-35(42)50-37)29-8-14-32(47)15-9-29;;/h2-25H,1H3;;/q-2;+2;. The normalized spacial score (nSPS) is 15.5. The molecule has 0 spiro atoms. The van der Waals surface area contributed by atoms with Crippen molar-refractivity contribution in [1.29, 1.82) is 0 Å². The van der Waals surface area contributed by atoms with Crippen LogP contribution in [0, 0.1) is 24.4 Å². The number of hydrogen-bond acceptors (Lipinski definition) is 2. The Labute approximate surface area is 309 Å². The van der Waals surface area contributed by atoms with Gasteiger partial charge < -0.3 is 7.10 Å². The first kappa shape index (κ1) is 31.5. The summed E-state index contributed by atoms with van der Waals surface area (Å²) in [4.78, 5) is 10.6. The van der Waals surface area contributed by atoms with Gasteiger partial charge in [0, 0.05) is 44.4 Å². The maximum atomic E-state index is 14.4. The number of hydrogen-bond donors (Lipinski definition) is 0. The molecule has 4 nitrogen and oxygen atoms in total. The second-order valence-corrected chi connectivity index (χ2v) is 15.1. The summed E-state index contributed by atoms with van der Waals surface area (Å²) in [6, 6.07) is 36.7. The van der Waals surface area contributed by atoms with Crippen molar-refractivity contribution in [3.05, 3.63) is 224 Å². The van der Waals surface area contributed by atoms with E-state index < -0.39 is 15.7 Å². The highest BCUT2D eigenvalue weighted by Crippen LogP contribution is 2.38. The average molecular weight is 709 g/mol. The topological polar surface area (TPSA) is 34.6 Å². The molecule has 0 saturated carbocycles. The lowest BCUT2D eigenvalue weighted by molar-refractivity contribution is 0.627. The minimum atomic E-state index is -1.54. The zero-order chi connectivity index (χ0) is 35.8. The fourth-order valence-electron chi connectivity index (χ4n) is 7.81. The van der Waals surface area contributed by atoms with Crippen molar-refractivity contribution >= 4 is 49.4 Å². The lowest BCUT2D eigenvalue weighted by Gasteiger charge is -2.22. The van der Waals surface area contributed by atoms with Crippen LogP contribution in [-0.2, 0) is 0 Å². The Balaban J connectivity index is 1.41. The molecule has 6 aromatic rings. The van der Waals surface area contributed by atoms with Gasteiger partial charge in [-0.05, 0) is 114 Å². The van der Waals surface area contributed by atoms with E-state index in [-0.39, 0.29) is 17.5 Å². The van der Waals surface area contributed by atoms with Crippen LogP contribution < -0.4 is 10.7 Å². The molecule has 8 heteroatoms. The van der Waals surface area contributed by atoms with E-state index in [2.05, 4.69) is 68.6 Å². The third-order valence-electron chi connectivity index (χ3n) is 10.3. The predicted octanol–water partition coefficient (Wildman–Crippen LogP) is 7.64. The fraction of sp³-hybridized carbons (Fsp3) is 0.0222. The Morgan fingerprint density at radius 1 is 0.415 bits per heavy atom. The summed E-state index contributed by atoms with van der Waals surface area (Å²) in [7, 11) is 0. The fourth-order valence-corrected chi connectivity index (χ4v) is 9.76. The molecule has 0 amide bonds. The molecule has 6 bridgehead atoms. The molecular formula is C45H28AlF3N4. The van der Waals surface area contributed by atoms with Crippen LogP contribution in [0.2, 0.25) is 0 Å². The Bertz CT molecular complexity index is 2650. The first-order valence-electron chi connectivity index (χ1n) is 17.4. The minimum Gasteiger partial charge on any atom is -0.417 e. The number of aromatic nitrogens is 2. The van der Waals surface area contributed by atoms with Gasteiger partial charge in [0.2, 0.25) is 0 Å². The lowest BCUT2D eigenvalue weighted by Crippen LogP contribution is -2.40. The van der Waals surface area contributed by atoms with E-state index in [1.54, 1.807) is 36.4 Å². The Morgan fingerprint density at radius 3 is 1.21 bits per heavy atom. The molecule has 4 aliphatic rings. The van der Waals surface area contributed by atoms with Crippen molar-refractivity contribution in [1.82, 2.24) is 7.10 Å². The summed E-state index contributed by atoms with van der Waals surface area (Å²) in [5, 5.41) is 1.96. The maximum absolute atomic E-state index is 14.4. The molecule has 6 heterocycles. The molecule has 0 saturated heterocycles. The van der Waals surface area contributed by atoms with Crippen molar-refractivity contribution in [2.24, 2.45) is 9.98 Å². The van der Waals surface area contributed by atoms with Crippen molar-refractivity contribution in [2.45, 2.75) is 6.92 Å². The summed E-state index contributed by atoms with van der Waals surface area (Å²) in [6.07, 6.45) is 8.13. The van der Waals surface area contributed by atoms with Crippen LogP contribution in [0.5, 0.6) is 0 Å². The predicted molar refractivity (Wildman–Crippen MR) is 207 cm³/mol. The van der Waals surface area contributed by atoms with E-state index in [0.717, 1.165) is 95.0 Å². The second-order valence-electron chi connectivity index (χ2n) is 13.5. The average Bonchev–Trinajstić information content (AvgIpc) is 3.99. The number of nitrogens with zero attached hydrogens (tertiary/aromatic N) is 4. The zero-order valence-corrected chi connectivity index (χ0v) is 29.9. The first-order chi connectivity index (χ1) is 25.9. The molecule has 0 radical (unpaired) electrons. The van der Waals surface area contributed by atoms with Gasteiger partial charge in [-0.3, -0.25) is 0 Å². The van der Waals surface area contributed by atoms with Crippen LogP contribution in [0.3, 0.4) is 0 Å². The van der Waals surface area contributed by atoms with Gasteiger partial charge in [0.05, 0.1) is 22.8 Å². The third kappa shape index (κ3) is 5.22. The summed E-state index contributed by atoms with van der Waals surface area (Å²) < 4.78 is 48.0. The molecule has 2 aromatic heterocycles. The van der Waals surface area contributed by atoms with Gasteiger partial charge in [-0.15, -0.1) is 0 Å². The van der Waals surface area contributed by atoms with E-state index >= 15 is 0 Å². The number of aryl methyl sites for hydroxylation is 1. The van der Waals surface area contributed by atoms with E-state index in [1.165, 1.54) is 36.4 Å². The van der Waals surface area contributed by atoms with Crippen molar-refractivity contribution in [3.8, 4) is 0 Å². The van der Waals surface area contributed by atoms with E-state index in [1.807, 2.05) is 18.2 Å². The SMILES string of the molecule is Cc1ccc(C2=c3ccc4[n]3[AlH][n]3c(ccc3C(c3ccc(F)cc3)=C3C=CC(=N3)C=4c3ccc(F)cc3)C(c3ccc(F)cc3)=C3C=CC2=N3)cc1. The minimum absolute atomic E-state index is 0.316. The maximum Gasteiger partial charge on any atom is 0.558 e. The number of fused-ring (bicyclic) bond motifs is 2. The van der Waals surface area contributed by atoms with Gasteiger partial charge in [-0.2, -0.15) is 0 Å². The van der Waals surface area contributed by atoms with Crippen molar-refractivity contribution in [3.63, 3.8) is 0 Å². The van der Waals surface area contributed by atoms with E-state index in [0.29, 0.717) is 0 Å². The molecule has 252 valence electrons. The van der Waals surface area contributed by atoms with Gasteiger partial charge in [0.1, 0.15) is 17.5 Å². The van der Waals surface area contributed by atoms with Crippen LogP contribution in [0.4, 0.5) is 13.2 Å². The molecule has 4 aliphatic heterocycles. The highest BCUT2D eigenvalue weighted by molar-refractivity contribution is 6.37. The van der Waals surface area contributed by atoms with Crippen molar-refractivity contribution in [2.75, 3.05) is 0 Å². The second kappa shape index (κ2) is 12.2. The molecule has 4 aromatic carbocycles. The Morgan fingerprint density at radius 2 is 0.792 bits per heavy atom. The third-order valence-corrected chi connectivity index (χ3v) is 12.2. The van der Waals surface area contributed by atoms with E-state index in [4.69, 9.17) is 9.98 Å². The first-order valence-corrected chi connectivity index (χ1v) is 18.7. The monoisotopic (exact) mass is 708 g/mol. The van der Waals surface area contributed by atoms with Crippen LogP contribution in [0.15, 0.2) is 167 Å². The highest BCUT2D eigenvalue weighted by Gasteiger charge is 2.29. The smallest absolute Gasteiger partial charge is 0.417 e. The van der Waals surface area contributed by atoms with Gasteiger partial charge in [0.25, 0.3) is 0 Å². The van der Waals surface area contributed by atoms with Gasteiger partial charge in [-0.1, -0.05) is 66.2 Å². The largest absolute Gasteiger partial charge is 0.558 e. The summed E-state index contributed by atoms with van der Waals surface area (Å²) >= 11 is -1.54. The van der Waals surface area contributed by atoms with Gasteiger partial charge in [0.15, 0.2) is 0 Å². The summed E-state index contributed by atoms with van der Waals surface area (Å²) in [6.45, 7) is 2.08. The molecule has 0 unspecified atom stereocenters. The molecule has 0 fully saturated rings. The molecule has 0 atom stereocenters. The van der Waals surface area contributed by atoms with Crippen LogP contribution in [0.1, 0.15) is 39.2 Å². The number of benzene rings is 4. The molecule has 53 heavy (non-hydrogen) atoms. The lowest BCUT2D eigenvalue weighted by atomic mass is 9.99. The van der Waals surface area contributed by atoms with Gasteiger partial charge in [-0.25, -0.2) is 23.2 Å². The van der Waals surface area contributed by atoms with Gasteiger partial charge >= 0.3 is 15.7 Å².